The monoisotopic (exact) mass is 541 g/mol. The molecule has 0 bridgehead atoms. The van der Waals surface area contributed by atoms with Crippen molar-refractivity contribution in [2.75, 3.05) is 7.11 Å². The van der Waals surface area contributed by atoms with Gasteiger partial charge in [-0.25, -0.2) is 4.98 Å². The molecule has 1 amide bonds. The molecular formula is C28H32N2O9. The lowest BCUT2D eigenvalue weighted by Gasteiger charge is -2.29. The van der Waals surface area contributed by atoms with Crippen molar-refractivity contribution in [1.82, 2.24) is 10.3 Å². The van der Waals surface area contributed by atoms with Crippen LogP contribution in [0.2, 0.25) is 0 Å². The van der Waals surface area contributed by atoms with Crippen molar-refractivity contribution in [3.05, 3.63) is 53.9 Å². The van der Waals surface area contributed by atoms with Crippen molar-refractivity contribution in [2.24, 2.45) is 17.8 Å². The van der Waals surface area contributed by atoms with Crippen LogP contribution < -0.4 is 10.1 Å². The summed E-state index contributed by atoms with van der Waals surface area (Å²) in [4.78, 5) is 79.3. The predicted molar refractivity (Wildman–Crippen MR) is 138 cm³/mol. The molecule has 1 aromatic heterocycles. The molecule has 0 spiro atoms. The van der Waals surface area contributed by atoms with Crippen LogP contribution in [0.15, 0.2) is 42.6 Å². The summed E-state index contributed by atoms with van der Waals surface area (Å²) in [6, 6.07) is 8.24. The zero-order valence-corrected chi connectivity index (χ0v) is 22.1. The lowest BCUT2D eigenvalue weighted by molar-refractivity contribution is -0.162. The molecule has 2 aromatic rings. The molecule has 1 unspecified atom stereocenters. The summed E-state index contributed by atoms with van der Waals surface area (Å²) in [5.41, 5.74) is 0.136. The fourth-order valence-electron chi connectivity index (χ4n) is 3.76. The first-order valence-corrected chi connectivity index (χ1v) is 12.2. The molecule has 4 atom stereocenters. The van der Waals surface area contributed by atoms with Crippen molar-refractivity contribution in [1.29, 1.82) is 0 Å². The van der Waals surface area contributed by atoms with Gasteiger partial charge in [-0.05, 0) is 12.0 Å². The van der Waals surface area contributed by atoms with Gasteiger partial charge in [0.1, 0.15) is 26.1 Å². The molecule has 0 aliphatic heterocycles. The number of nitrogens with zero attached hydrogens (tertiary/aromatic N) is 1. The number of ketones is 2. The topological polar surface area (TPSA) is 166 Å². The highest BCUT2D eigenvalue weighted by Gasteiger charge is 2.40. The Hall–Kier alpha value is -4.41. The van der Waals surface area contributed by atoms with E-state index >= 15 is 0 Å². The van der Waals surface area contributed by atoms with Crippen LogP contribution in [0.3, 0.4) is 0 Å². The lowest BCUT2D eigenvalue weighted by atomic mass is 9.83. The van der Waals surface area contributed by atoms with Gasteiger partial charge in [0.15, 0.2) is 17.2 Å². The summed E-state index contributed by atoms with van der Waals surface area (Å²) in [7, 11) is 1.25. The molecule has 2 rings (SSSR count). The Kier molecular flexibility index (Phi) is 10.8. The quantitative estimate of drug-likeness (QED) is 0.193. The van der Waals surface area contributed by atoms with E-state index in [0.717, 1.165) is 0 Å². The van der Waals surface area contributed by atoms with Crippen LogP contribution in [0, 0.1) is 17.8 Å². The number of rotatable bonds is 15. The molecule has 1 aromatic carbocycles. The number of aromatic hydroxyl groups is 1. The Balaban J connectivity index is 2.37. The van der Waals surface area contributed by atoms with Crippen LogP contribution in [0.5, 0.6) is 11.5 Å². The van der Waals surface area contributed by atoms with Crippen molar-refractivity contribution in [2.45, 2.75) is 45.8 Å². The van der Waals surface area contributed by atoms with Gasteiger partial charge in [-0.15, -0.1) is 0 Å². The number of ether oxygens (including phenoxy) is 2. The Labute approximate surface area is 227 Å². The van der Waals surface area contributed by atoms with E-state index in [-0.39, 0.29) is 12.2 Å². The highest BCUT2D eigenvalue weighted by molar-refractivity contribution is 6.40. The van der Waals surface area contributed by atoms with E-state index in [1.54, 1.807) is 44.2 Å². The van der Waals surface area contributed by atoms with Gasteiger partial charge in [-0.2, -0.15) is 0 Å². The Morgan fingerprint density at radius 1 is 1.08 bits per heavy atom. The molecular weight excluding hydrogens is 508 g/mol. The zero-order chi connectivity index (χ0) is 30.0. The van der Waals surface area contributed by atoms with Crippen LogP contribution >= 0.6 is 0 Å². The third kappa shape index (κ3) is 8.03. The van der Waals surface area contributed by atoms with Crippen molar-refractivity contribution in [3.63, 3.8) is 0 Å². The summed E-state index contributed by atoms with van der Waals surface area (Å²) >= 11 is 0. The highest BCUT2D eigenvalue weighted by Crippen LogP contribution is 2.28. The molecule has 208 valence electrons. The van der Waals surface area contributed by atoms with E-state index in [1.165, 1.54) is 26.3 Å². The van der Waals surface area contributed by atoms with Crippen molar-refractivity contribution >= 4 is 36.0 Å². The summed E-state index contributed by atoms with van der Waals surface area (Å²) in [5.74, 6) is -8.13. The van der Waals surface area contributed by atoms with E-state index in [4.69, 9.17) is 10.8 Å². The van der Waals surface area contributed by atoms with Gasteiger partial charge in [0.25, 0.3) is 5.91 Å². The molecule has 0 saturated heterocycles. The molecule has 0 aliphatic rings. The number of aromatic nitrogens is 1. The first-order chi connectivity index (χ1) is 18.9. The summed E-state index contributed by atoms with van der Waals surface area (Å²) in [6.45, 7) is 4.36. The summed E-state index contributed by atoms with van der Waals surface area (Å²) in [5, 5.41) is 12.4. The van der Waals surface area contributed by atoms with Gasteiger partial charge in [-0.3, -0.25) is 19.2 Å². The molecule has 0 radical (unpaired) electrons. The fourth-order valence-corrected chi connectivity index (χ4v) is 3.76. The summed E-state index contributed by atoms with van der Waals surface area (Å²) < 4.78 is 18.3. The van der Waals surface area contributed by atoms with Gasteiger partial charge in [0.05, 0.1) is 24.9 Å². The van der Waals surface area contributed by atoms with Crippen LogP contribution in [-0.2, 0) is 35.1 Å². The number of hydrogen-bond donors (Lipinski definition) is 2. The number of hydrogen-bond acceptors (Lipinski definition) is 10. The molecule has 39 heavy (non-hydrogen) atoms. The maximum atomic E-state index is 13.4. The average molecular weight is 542 g/mol. The first-order valence-electron chi connectivity index (χ1n) is 12.7. The minimum atomic E-state index is -1.65. The molecule has 2 N–H and O–H groups in total. The van der Waals surface area contributed by atoms with Crippen molar-refractivity contribution < 1.29 is 44.7 Å². The number of carbonyl (C=O) groups excluding carboxylic acids is 6. The Morgan fingerprint density at radius 2 is 1.74 bits per heavy atom. The van der Waals surface area contributed by atoms with Crippen LogP contribution in [0.25, 0.3) is 0 Å². The predicted octanol–water partition coefficient (Wildman–Crippen LogP) is 1.88. The zero-order valence-electron chi connectivity index (χ0n) is 23.1. The van der Waals surface area contributed by atoms with Gasteiger partial charge >= 0.3 is 5.97 Å². The van der Waals surface area contributed by atoms with E-state index < -0.39 is 77.5 Å². The van der Waals surface area contributed by atoms with Crippen LogP contribution in [-0.4, -0.2) is 65.3 Å². The standard InChI is InChI=1S/C28H32N2O9/c1-16(2)28(37)39-26(19(15-32)14-18-8-6-5-7-9-18)17(3)23(33)24(34)20(11-13-31)30-27(36)22-25(35)21(38-4)10-12-29-22/h5-10,12-13,15-17,19-20,26,35H,11,14H2,1-4H3,(H,30,36)/t17-,19+,20?,26+/m1/s1/i15D. The fraction of sp³-hybridized carbons (Fsp3) is 0.393. The van der Waals surface area contributed by atoms with Gasteiger partial charge < -0.3 is 29.5 Å². The second kappa shape index (κ2) is 14.5. The maximum absolute atomic E-state index is 13.4. The number of Topliss-reactive ketones (excluding diaryl/α,β-unsaturated/α-hetero) is 2. The normalized spacial score (nSPS) is 14.2. The Bertz CT molecular complexity index is 1250. The van der Waals surface area contributed by atoms with E-state index in [0.29, 0.717) is 11.8 Å². The molecule has 0 fully saturated rings. The number of aldehydes is 2. The SMILES string of the molecule is [2H]C(=O)[C@H](Cc1ccccc1)[C@@H](OC(=O)C(C)C)[C@H](C)C(=O)C(=O)C(CC=O)NC(=O)c1nccc(OC)c1O. The van der Waals surface area contributed by atoms with Crippen LogP contribution in [0.4, 0.5) is 0 Å². The van der Waals surface area contributed by atoms with E-state index in [2.05, 4.69) is 10.3 Å². The first kappa shape index (κ1) is 29.2. The second-order valence-corrected chi connectivity index (χ2v) is 9.13. The maximum Gasteiger partial charge on any atom is 0.308 e. The van der Waals surface area contributed by atoms with Crippen LogP contribution in [0.1, 0.15) is 44.6 Å². The molecule has 1 heterocycles. The number of carbonyl (C=O) groups is 6. The Morgan fingerprint density at radius 3 is 2.31 bits per heavy atom. The van der Waals surface area contributed by atoms with Crippen molar-refractivity contribution in [3.8, 4) is 11.5 Å². The minimum absolute atomic E-state index is 0.0414. The number of pyridine rings is 1. The third-order valence-electron chi connectivity index (χ3n) is 6.00. The summed E-state index contributed by atoms with van der Waals surface area (Å²) in [6.07, 6.45) is -1.71. The number of methoxy groups -OCH3 is 1. The minimum Gasteiger partial charge on any atom is -0.503 e. The average Bonchev–Trinajstić information content (AvgIpc) is 2.93. The third-order valence-corrected chi connectivity index (χ3v) is 6.00. The van der Waals surface area contributed by atoms with Gasteiger partial charge in [-0.1, -0.05) is 51.1 Å². The van der Waals surface area contributed by atoms with Gasteiger partial charge in [0.2, 0.25) is 11.6 Å². The number of nitrogens with one attached hydrogen (secondary N) is 1. The van der Waals surface area contributed by atoms with E-state index in [9.17, 15) is 33.9 Å². The molecule has 11 nitrogen and oxygen atoms in total. The smallest absolute Gasteiger partial charge is 0.308 e. The second-order valence-electron chi connectivity index (χ2n) is 9.13. The molecule has 0 aliphatic carbocycles. The number of benzene rings is 1. The highest BCUT2D eigenvalue weighted by atomic mass is 16.5. The van der Waals surface area contributed by atoms with E-state index in [1.807, 2.05) is 0 Å². The van der Waals surface area contributed by atoms with Gasteiger partial charge in [0, 0.05) is 18.7 Å². The lowest BCUT2D eigenvalue weighted by Crippen LogP contribution is -2.49. The number of esters is 1. The molecule has 11 heteroatoms. The molecule has 0 saturated carbocycles. The largest absolute Gasteiger partial charge is 0.503 e. The number of amides is 1.